The summed E-state index contributed by atoms with van der Waals surface area (Å²) in [5, 5.41) is 0.331. The van der Waals surface area contributed by atoms with E-state index in [4.69, 9.17) is 11.6 Å². The summed E-state index contributed by atoms with van der Waals surface area (Å²) in [6, 6.07) is 6.52. The normalized spacial score (nSPS) is 11.6. The van der Waals surface area contributed by atoms with E-state index >= 15 is 0 Å². The van der Waals surface area contributed by atoms with Crippen LogP contribution in [0.2, 0.25) is 5.15 Å². The van der Waals surface area contributed by atoms with E-state index in [0.717, 1.165) is 30.4 Å². The van der Waals surface area contributed by atoms with Gasteiger partial charge in [-0.2, -0.15) is 8.42 Å². The van der Waals surface area contributed by atoms with Crippen molar-refractivity contribution in [3.63, 3.8) is 0 Å². The van der Waals surface area contributed by atoms with Gasteiger partial charge in [0.2, 0.25) is 0 Å². The fraction of sp³-hybridized carbons (Fsp3) is 0.312. The highest BCUT2D eigenvalue weighted by Crippen LogP contribution is 2.33. The highest BCUT2D eigenvalue weighted by Gasteiger charge is 2.20. The molecule has 0 saturated carbocycles. The summed E-state index contributed by atoms with van der Waals surface area (Å²) < 4.78 is 32.9. The minimum atomic E-state index is -4.31. The Labute approximate surface area is 135 Å². The van der Waals surface area contributed by atoms with Gasteiger partial charge in [0.15, 0.2) is 0 Å². The molecule has 2 aromatic rings. The second-order valence-electron chi connectivity index (χ2n) is 5.17. The summed E-state index contributed by atoms with van der Waals surface area (Å²) in [6.07, 6.45) is 4.45. The van der Waals surface area contributed by atoms with Crippen LogP contribution in [0.3, 0.4) is 0 Å². The van der Waals surface area contributed by atoms with Crippen LogP contribution in [-0.2, 0) is 16.5 Å². The number of nitrogens with zero attached hydrogens (tertiary/aromatic N) is 1. The van der Waals surface area contributed by atoms with Crippen molar-refractivity contribution in [1.82, 2.24) is 4.98 Å². The SMILES string of the molecule is CCCCc1ccc(S(=O)(=O)O)c(-c2ccc(Cl)nc2)c1C. The van der Waals surface area contributed by atoms with Gasteiger partial charge in [-0.05, 0) is 49.1 Å². The van der Waals surface area contributed by atoms with Crippen LogP contribution in [-0.4, -0.2) is 18.0 Å². The number of aryl methyl sites for hydroxylation is 1. The maximum atomic E-state index is 11.7. The Kier molecular flexibility index (Phi) is 5.21. The molecule has 0 aliphatic carbocycles. The van der Waals surface area contributed by atoms with E-state index in [0.29, 0.717) is 16.3 Å². The molecular formula is C16H18ClNO3S. The molecule has 1 N–H and O–H groups in total. The van der Waals surface area contributed by atoms with Crippen LogP contribution in [0.4, 0.5) is 0 Å². The maximum absolute atomic E-state index is 11.7. The lowest BCUT2D eigenvalue weighted by Gasteiger charge is -2.15. The molecule has 1 heterocycles. The van der Waals surface area contributed by atoms with Gasteiger partial charge in [0.1, 0.15) is 10.0 Å². The fourth-order valence-electron chi connectivity index (χ4n) is 2.47. The molecule has 0 atom stereocenters. The molecule has 0 bridgehead atoms. The Balaban J connectivity index is 2.68. The van der Waals surface area contributed by atoms with Crippen molar-refractivity contribution >= 4 is 21.7 Å². The molecule has 1 aromatic heterocycles. The average molecular weight is 340 g/mol. The van der Waals surface area contributed by atoms with Crippen molar-refractivity contribution in [2.75, 3.05) is 0 Å². The molecule has 4 nitrogen and oxygen atoms in total. The molecule has 0 unspecified atom stereocenters. The summed E-state index contributed by atoms with van der Waals surface area (Å²) in [5.41, 5.74) is 3.01. The largest absolute Gasteiger partial charge is 0.295 e. The van der Waals surface area contributed by atoms with Gasteiger partial charge in [-0.3, -0.25) is 4.55 Å². The van der Waals surface area contributed by atoms with E-state index in [1.165, 1.54) is 12.3 Å². The van der Waals surface area contributed by atoms with E-state index in [9.17, 15) is 13.0 Å². The van der Waals surface area contributed by atoms with Crippen molar-refractivity contribution in [3.8, 4) is 11.1 Å². The quantitative estimate of drug-likeness (QED) is 0.651. The first-order valence-corrected chi connectivity index (χ1v) is 8.88. The van der Waals surface area contributed by atoms with Gasteiger partial charge in [0, 0.05) is 17.3 Å². The third-order valence-corrected chi connectivity index (χ3v) is 4.75. The highest BCUT2D eigenvalue weighted by molar-refractivity contribution is 7.86. The molecule has 0 fully saturated rings. The monoisotopic (exact) mass is 339 g/mol. The molecular weight excluding hydrogens is 322 g/mol. The van der Waals surface area contributed by atoms with Gasteiger partial charge in [0.05, 0.1) is 0 Å². The lowest BCUT2D eigenvalue weighted by atomic mass is 9.94. The molecule has 2 rings (SSSR count). The van der Waals surface area contributed by atoms with E-state index in [2.05, 4.69) is 11.9 Å². The van der Waals surface area contributed by atoms with Crippen molar-refractivity contribution in [2.45, 2.75) is 38.0 Å². The summed E-state index contributed by atoms with van der Waals surface area (Å²) in [5.74, 6) is 0. The van der Waals surface area contributed by atoms with Crippen LogP contribution in [0.5, 0.6) is 0 Å². The van der Waals surface area contributed by atoms with E-state index < -0.39 is 10.1 Å². The molecule has 0 amide bonds. The van der Waals surface area contributed by atoms with Crippen LogP contribution in [0, 0.1) is 6.92 Å². The summed E-state index contributed by atoms with van der Waals surface area (Å²) in [7, 11) is -4.31. The van der Waals surface area contributed by atoms with Crippen LogP contribution in [0.25, 0.3) is 11.1 Å². The Hall–Kier alpha value is -1.43. The third kappa shape index (κ3) is 3.66. The second-order valence-corrected chi connectivity index (χ2v) is 6.95. The molecule has 22 heavy (non-hydrogen) atoms. The first-order chi connectivity index (χ1) is 10.3. The van der Waals surface area contributed by atoms with Crippen molar-refractivity contribution in [2.24, 2.45) is 0 Å². The van der Waals surface area contributed by atoms with Gasteiger partial charge in [0.25, 0.3) is 10.1 Å². The number of aromatic nitrogens is 1. The highest BCUT2D eigenvalue weighted by atomic mass is 35.5. The van der Waals surface area contributed by atoms with Crippen LogP contribution >= 0.6 is 11.6 Å². The zero-order chi connectivity index (χ0) is 16.3. The Bertz CT molecular complexity index is 771. The lowest BCUT2D eigenvalue weighted by molar-refractivity contribution is 0.483. The van der Waals surface area contributed by atoms with E-state index in [1.54, 1.807) is 18.2 Å². The Morgan fingerprint density at radius 3 is 2.50 bits per heavy atom. The number of halogens is 1. The molecule has 0 aliphatic rings. The minimum Gasteiger partial charge on any atom is -0.282 e. The number of unbranched alkanes of at least 4 members (excludes halogenated alkanes) is 1. The molecule has 0 spiro atoms. The number of hydrogen-bond acceptors (Lipinski definition) is 3. The number of rotatable bonds is 5. The average Bonchev–Trinajstić information content (AvgIpc) is 2.46. The molecule has 0 radical (unpaired) electrons. The summed E-state index contributed by atoms with van der Waals surface area (Å²) >= 11 is 5.79. The fourth-order valence-corrected chi connectivity index (χ4v) is 3.35. The Morgan fingerprint density at radius 2 is 1.95 bits per heavy atom. The van der Waals surface area contributed by atoms with Gasteiger partial charge in [-0.25, -0.2) is 4.98 Å². The first-order valence-electron chi connectivity index (χ1n) is 7.06. The molecule has 1 aromatic carbocycles. The molecule has 0 saturated heterocycles. The van der Waals surface area contributed by atoms with Crippen LogP contribution in [0.1, 0.15) is 30.9 Å². The molecule has 118 valence electrons. The molecule has 6 heteroatoms. The van der Waals surface area contributed by atoms with E-state index in [1.807, 2.05) is 6.92 Å². The van der Waals surface area contributed by atoms with Gasteiger partial charge in [-0.1, -0.05) is 31.0 Å². The maximum Gasteiger partial charge on any atom is 0.295 e. The van der Waals surface area contributed by atoms with Gasteiger partial charge < -0.3 is 0 Å². The topological polar surface area (TPSA) is 67.3 Å². The van der Waals surface area contributed by atoms with Gasteiger partial charge in [-0.15, -0.1) is 0 Å². The van der Waals surface area contributed by atoms with Crippen molar-refractivity contribution in [3.05, 3.63) is 46.7 Å². The zero-order valence-electron chi connectivity index (χ0n) is 12.5. The number of hydrogen-bond donors (Lipinski definition) is 1. The summed E-state index contributed by atoms with van der Waals surface area (Å²) in [6.45, 7) is 3.97. The molecule has 0 aliphatic heterocycles. The standard InChI is InChI=1S/C16H18ClNO3S/c1-3-4-5-12-6-8-14(22(19,20)21)16(11(12)2)13-7-9-15(17)18-10-13/h6-10H,3-5H2,1-2H3,(H,19,20,21). The predicted octanol–water partition coefficient (Wildman–Crippen LogP) is 4.30. The Morgan fingerprint density at radius 1 is 1.23 bits per heavy atom. The lowest BCUT2D eigenvalue weighted by Crippen LogP contribution is -2.05. The minimum absolute atomic E-state index is 0.102. The van der Waals surface area contributed by atoms with Crippen molar-refractivity contribution < 1.29 is 13.0 Å². The van der Waals surface area contributed by atoms with Crippen molar-refractivity contribution in [1.29, 1.82) is 0 Å². The third-order valence-electron chi connectivity index (χ3n) is 3.63. The smallest absolute Gasteiger partial charge is 0.282 e. The number of pyridine rings is 1. The van der Waals surface area contributed by atoms with Crippen LogP contribution in [0.15, 0.2) is 35.4 Å². The predicted molar refractivity (Wildman–Crippen MR) is 87.8 cm³/mol. The van der Waals surface area contributed by atoms with E-state index in [-0.39, 0.29) is 4.90 Å². The zero-order valence-corrected chi connectivity index (χ0v) is 14.1. The van der Waals surface area contributed by atoms with Crippen LogP contribution < -0.4 is 0 Å². The second kappa shape index (κ2) is 6.77. The summed E-state index contributed by atoms with van der Waals surface area (Å²) in [4.78, 5) is 3.90. The number of benzene rings is 1. The van der Waals surface area contributed by atoms with Gasteiger partial charge >= 0.3 is 0 Å². The first kappa shape index (κ1) is 16.9.